The van der Waals surface area contributed by atoms with Gasteiger partial charge in [0.25, 0.3) is 0 Å². The third-order valence-electron chi connectivity index (χ3n) is 2.70. The molecule has 0 aliphatic carbocycles. The zero-order chi connectivity index (χ0) is 14.7. The fourth-order valence-electron chi connectivity index (χ4n) is 1.42. The summed E-state index contributed by atoms with van der Waals surface area (Å²) >= 11 is 0. The maximum atomic E-state index is 11.5. The van der Waals surface area contributed by atoms with Gasteiger partial charge in [-0.15, -0.1) is 0 Å². The minimum Gasteiger partial charge on any atom is -0.339 e. The quantitative estimate of drug-likeness (QED) is 0.543. The molecule has 0 saturated heterocycles. The van der Waals surface area contributed by atoms with Crippen molar-refractivity contribution in [1.29, 1.82) is 0 Å². The normalized spacial score (nSPS) is 10.8. The zero-order valence-electron chi connectivity index (χ0n) is 12.7. The van der Waals surface area contributed by atoms with Gasteiger partial charge >= 0.3 is 0 Å². The van der Waals surface area contributed by atoms with Crippen LogP contribution in [0.15, 0.2) is 0 Å². The molecule has 0 fully saturated rings. The van der Waals surface area contributed by atoms with Crippen molar-refractivity contribution in [3.63, 3.8) is 0 Å². The number of carbonyl (C=O) groups is 2. The lowest BCUT2D eigenvalue weighted by Gasteiger charge is -2.18. The van der Waals surface area contributed by atoms with Crippen LogP contribution in [0.3, 0.4) is 0 Å². The summed E-state index contributed by atoms with van der Waals surface area (Å²) in [6.07, 6.45) is 1.77. The summed E-state index contributed by atoms with van der Waals surface area (Å²) in [6.45, 7) is 4.81. The third-order valence-corrected chi connectivity index (χ3v) is 2.70. The Kier molecular flexibility index (Phi) is 10.1. The molecule has 2 N–H and O–H groups in total. The first-order valence-corrected chi connectivity index (χ1v) is 6.82. The summed E-state index contributed by atoms with van der Waals surface area (Å²) in [7, 11) is 6.05. The standard InChI is InChI=1S/C13H28N4O2/c1-5-6-12(18)14-11-15-13(19)7-8-17(4)10-9-16(2)3/h5-11H2,1-4H3,(H,14,18)(H,15,19). The molecular formula is C13H28N4O2. The first kappa shape index (κ1) is 17.9. The summed E-state index contributed by atoms with van der Waals surface area (Å²) in [5.41, 5.74) is 0. The van der Waals surface area contributed by atoms with Gasteiger partial charge < -0.3 is 20.4 Å². The topological polar surface area (TPSA) is 64.7 Å². The Balaban J connectivity index is 3.56. The molecule has 0 aliphatic rings. The molecule has 0 aromatic rings. The van der Waals surface area contributed by atoms with Crippen LogP contribution in [0, 0.1) is 0 Å². The highest BCUT2D eigenvalue weighted by Crippen LogP contribution is 1.89. The van der Waals surface area contributed by atoms with Crippen LogP contribution in [0.25, 0.3) is 0 Å². The minimum absolute atomic E-state index is 0.0223. The van der Waals surface area contributed by atoms with E-state index in [4.69, 9.17) is 0 Å². The molecule has 112 valence electrons. The molecule has 6 nitrogen and oxygen atoms in total. The molecule has 0 atom stereocenters. The number of rotatable bonds is 10. The molecule has 19 heavy (non-hydrogen) atoms. The summed E-state index contributed by atoms with van der Waals surface area (Å²) in [5.74, 6) is -0.0561. The summed E-state index contributed by atoms with van der Waals surface area (Å²) in [5, 5.41) is 5.34. The lowest BCUT2D eigenvalue weighted by molar-refractivity contribution is -0.123. The zero-order valence-corrected chi connectivity index (χ0v) is 12.7. The van der Waals surface area contributed by atoms with Crippen molar-refractivity contribution in [2.24, 2.45) is 0 Å². The highest BCUT2D eigenvalue weighted by atomic mass is 16.2. The molecule has 0 spiro atoms. The van der Waals surface area contributed by atoms with E-state index >= 15 is 0 Å². The third kappa shape index (κ3) is 11.7. The maximum absolute atomic E-state index is 11.5. The van der Waals surface area contributed by atoms with E-state index in [9.17, 15) is 9.59 Å². The molecule has 0 radical (unpaired) electrons. The molecule has 0 bridgehead atoms. The van der Waals surface area contributed by atoms with E-state index in [0.717, 1.165) is 26.1 Å². The van der Waals surface area contributed by atoms with Crippen molar-refractivity contribution in [3.8, 4) is 0 Å². The molecule has 0 aromatic heterocycles. The fraction of sp³-hybridized carbons (Fsp3) is 0.846. The Labute approximate surface area is 116 Å². The number of amides is 2. The van der Waals surface area contributed by atoms with Crippen molar-refractivity contribution in [2.75, 3.05) is 47.4 Å². The van der Waals surface area contributed by atoms with Crippen LogP contribution >= 0.6 is 0 Å². The van der Waals surface area contributed by atoms with Crippen LogP contribution in [0.4, 0.5) is 0 Å². The van der Waals surface area contributed by atoms with Gasteiger partial charge in [-0.05, 0) is 27.6 Å². The average molecular weight is 272 g/mol. The number of hydrogen-bond acceptors (Lipinski definition) is 4. The highest BCUT2D eigenvalue weighted by Gasteiger charge is 2.05. The highest BCUT2D eigenvalue weighted by molar-refractivity contribution is 5.78. The van der Waals surface area contributed by atoms with Crippen LogP contribution in [-0.2, 0) is 9.59 Å². The summed E-state index contributed by atoms with van der Waals surface area (Å²) in [4.78, 5) is 26.9. The van der Waals surface area contributed by atoms with Crippen molar-refractivity contribution in [1.82, 2.24) is 20.4 Å². The van der Waals surface area contributed by atoms with E-state index in [1.165, 1.54) is 0 Å². The van der Waals surface area contributed by atoms with Crippen LogP contribution in [0.2, 0.25) is 0 Å². The fourth-order valence-corrected chi connectivity index (χ4v) is 1.42. The number of nitrogens with one attached hydrogen (secondary N) is 2. The van der Waals surface area contributed by atoms with E-state index in [0.29, 0.717) is 12.8 Å². The van der Waals surface area contributed by atoms with Gasteiger partial charge in [0, 0.05) is 32.5 Å². The van der Waals surface area contributed by atoms with Gasteiger partial charge in [0.1, 0.15) is 0 Å². The van der Waals surface area contributed by atoms with Crippen molar-refractivity contribution in [3.05, 3.63) is 0 Å². The van der Waals surface area contributed by atoms with Crippen LogP contribution in [0.1, 0.15) is 26.2 Å². The molecule has 0 rings (SSSR count). The van der Waals surface area contributed by atoms with Gasteiger partial charge in [0.05, 0.1) is 6.67 Å². The number of carbonyl (C=O) groups excluding carboxylic acids is 2. The Morgan fingerprint density at radius 1 is 0.895 bits per heavy atom. The van der Waals surface area contributed by atoms with Gasteiger partial charge in [0.2, 0.25) is 11.8 Å². The summed E-state index contributed by atoms with van der Waals surface area (Å²) in [6, 6.07) is 0. The first-order valence-electron chi connectivity index (χ1n) is 6.82. The largest absolute Gasteiger partial charge is 0.339 e. The number of nitrogens with zero attached hydrogens (tertiary/aromatic N) is 2. The van der Waals surface area contributed by atoms with E-state index in [-0.39, 0.29) is 18.5 Å². The van der Waals surface area contributed by atoms with Crippen LogP contribution in [-0.4, -0.2) is 69.1 Å². The molecule has 0 heterocycles. The first-order chi connectivity index (χ1) is 8.95. The Hall–Kier alpha value is -1.14. The van der Waals surface area contributed by atoms with E-state index in [2.05, 4.69) is 20.4 Å². The average Bonchev–Trinajstić information content (AvgIpc) is 2.34. The monoisotopic (exact) mass is 272 g/mol. The Morgan fingerprint density at radius 3 is 2.00 bits per heavy atom. The van der Waals surface area contributed by atoms with Crippen LogP contribution < -0.4 is 10.6 Å². The second-order valence-corrected chi connectivity index (χ2v) is 4.98. The van der Waals surface area contributed by atoms with Gasteiger partial charge in [-0.2, -0.15) is 0 Å². The minimum atomic E-state index is -0.0338. The smallest absolute Gasteiger partial charge is 0.222 e. The SMILES string of the molecule is CCCC(=O)NCNC(=O)CCN(C)CCN(C)C. The molecule has 0 aromatic carbocycles. The van der Waals surface area contributed by atoms with Crippen molar-refractivity contribution >= 4 is 11.8 Å². The van der Waals surface area contributed by atoms with E-state index < -0.39 is 0 Å². The molecule has 0 saturated carbocycles. The Bertz CT molecular complexity index is 269. The second kappa shape index (κ2) is 10.8. The van der Waals surface area contributed by atoms with E-state index in [1.54, 1.807) is 0 Å². The summed E-state index contributed by atoms with van der Waals surface area (Å²) < 4.78 is 0. The lowest BCUT2D eigenvalue weighted by atomic mass is 10.3. The van der Waals surface area contributed by atoms with Gasteiger partial charge in [-0.25, -0.2) is 0 Å². The van der Waals surface area contributed by atoms with E-state index in [1.807, 2.05) is 28.1 Å². The van der Waals surface area contributed by atoms with Gasteiger partial charge in [0.15, 0.2) is 0 Å². The predicted molar refractivity (Wildman–Crippen MR) is 76.7 cm³/mol. The maximum Gasteiger partial charge on any atom is 0.222 e. The molecule has 0 aliphatic heterocycles. The second-order valence-electron chi connectivity index (χ2n) is 4.98. The molecule has 2 amide bonds. The molecular weight excluding hydrogens is 244 g/mol. The molecule has 0 unspecified atom stereocenters. The Morgan fingerprint density at radius 2 is 1.47 bits per heavy atom. The van der Waals surface area contributed by atoms with Gasteiger partial charge in [-0.3, -0.25) is 9.59 Å². The number of hydrogen-bond donors (Lipinski definition) is 2. The predicted octanol–water partition coefficient (Wildman–Crippen LogP) is -0.140. The molecule has 6 heteroatoms. The van der Waals surface area contributed by atoms with Crippen molar-refractivity contribution in [2.45, 2.75) is 26.2 Å². The number of likely N-dealkylation sites (N-methyl/N-ethyl adjacent to an activating group) is 2. The van der Waals surface area contributed by atoms with Crippen molar-refractivity contribution < 1.29 is 9.59 Å². The lowest BCUT2D eigenvalue weighted by Crippen LogP contribution is -2.38. The van der Waals surface area contributed by atoms with Gasteiger partial charge in [-0.1, -0.05) is 6.92 Å². The van der Waals surface area contributed by atoms with Crippen LogP contribution in [0.5, 0.6) is 0 Å².